The second kappa shape index (κ2) is 7.32. The third-order valence-electron chi connectivity index (χ3n) is 4.74. The molecule has 24 heavy (non-hydrogen) atoms. The average Bonchev–Trinajstić information content (AvgIpc) is 3.06. The number of fused-ring (bicyclic) bond motifs is 1. The van der Waals surface area contributed by atoms with Crippen LogP contribution in [0.1, 0.15) is 45.5 Å². The average molecular weight is 352 g/mol. The van der Waals surface area contributed by atoms with Crippen molar-refractivity contribution in [2.45, 2.75) is 32.2 Å². The van der Waals surface area contributed by atoms with Gasteiger partial charge < -0.3 is 11.1 Å². The number of carbonyl (C=O) groups is 3. The van der Waals surface area contributed by atoms with E-state index >= 15 is 0 Å². The van der Waals surface area contributed by atoms with Crippen molar-refractivity contribution in [2.24, 2.45) is 11.7 Å². The van der Waals surface area contributed by atoms with Crippen molar-refractivity contribution in [3.63, 3.8) is 0 Å². The van der Waals surface area contributed by atoms with Gasteiger partial charge in [0.05, 0.1) is 11.1 Å². The van der Waals surface area contributed by atoms with Crippen LogP contribution < -0.4 is 11.1 Å². The zero-order chi connectivity index (χ0) is 16.6. The molecule has 2 unspecified atom stereocenters. The van der Waals surface area contributed by atoms with Crippen LogP contribution in [0.2, 0.25) is 0 Å². The lowest BCUT2D eigenvalue weighted by Crippen LogP contribution is -2.46. The molecule has 1 aliphatic heterocycles. The number of nitrogens with one attached hydrogen (secondary N) is 1. The van der Waals surface area contributed by atoms with E-state index in [2.05, 4.69) is 5.32 Å². The van der Waals surface area contributed by atoms with Gasteiger partial charge in [-0.1, -0.05) is 18.1 Å². The Morgan fingerprint density at radius 1 is 1.25 bits per heavy atom. The van der Waals surface area contributed by atoms with E-state index in [0.717, 1.165) is 29.7 Å². The standard InChI is InChI=1S/C17H21N3O3.ClH/c1-10-5-6-12-13(7-10)17(23)20(16(12)22)9-15(21)19-14-4-2-3-11(14)8-18;/h5-7,11,14H,2-4,8-9,18H2,1H3,(H,19,21);1H. The summed E-state index contributed by atoms with van der Waals surface area (Å²) in [6.45, 7) is 2.16. The first-order chi connectivity index (χ1) is 11.0. The molecule has 7 heteroatoms. The van der Waals surface area contributed by atoms with Gasteiger partial charge in [0.1, 0.15) is 6.54 Å². The largest absolute Gasteiger partial charge is 0.351 e. The fourth-order valence-corrected chi connectivity index (χ4v) is 3.45. The molecule has 6 nitrogen and oxygen atoms in total. The maximum Gasteiger partial charge on any atom is 0.262 e. The molecule has 3 N–H and O–H groups in total. The van der Waals surface area contributed by atoms with Gasteiger partial charge in [0.2, 0.25) is 5.91 Å². The summed E-state index contributed by atoms with van der Waals surface area (Å²) in [5.41, 5.74) is 7.37. The van der Waals surface area contributed by atoms with E-state index in [9.17, 15) is 14.4 Å². The smallest absolute Gasteiger partial charge is 0.262 e. The van der Waals surface area contributed by atoms with Crippen LogP contribution in [0.4, 0.5) is 0 Å². The van der Waals surface area contributed by atoms with Crippen LogP contribution in [0.25, 0.3) is 0 Å². The Labute approximate surface area is 147 Å². The number of halogens is 1. The summed E-state index contributed by atoms with van der Waals surface area (Å²) in [5.74, 6) is -0.821. The van der Waals surface area contributed by atoms with Gasteiger partial charge in [0.15, 0.2) is 0 Å². The van der Waals surface area contributed by atoms with Crippen molar-refractivity contribution in [3.8, 4) is 0 Å². The van der Waals surface area contributed by atoms with Gasteiger partial charge in [-0.15, -0.1) is 12.4 Å². The maximum atomic E-state index is 12.4. The van der Waals surface area contributed by atoms with Gasteiger partial charge in [0, 0.05) is 6.04 Å². The molecule has 3 rings (SSSR count). The van der Waals surface area contributed by atoms with Crippen molar-refractivity contribution < 1.29 is 14.4 Å². The molecule has 1 aromatic carbocycles. The molecule has 1 aliphatic carbocycles. The summed E-state index contributed by atoms with van der Waals surface area (Å²) in [5, 5.41) is 2.92. The number of rotatable bonds is 4. The first-order valence-corrected chi connectivity index (χ1v) is 7.97. The zero-order valence-corrected chi connectivity index (χ0v) is 14.4. The van der Waals surface area contributed by atoms with E-state index < -0.39 is 11.8 Å². The van der Waals surface area contributed by atoms with Crippen molar-refractivity contribution in [1.82, 2.24) is 10.2 Å². The quantitative estimate of drug-likeness (QED) is 0.799. The molecule has 0 spiro atoms. The Hall–Kier alpha value is -1.92. The monoisotopic (exact) mass is 351 g/mol. The number of nitrogens with zero attached hydrogens (tertiary/aromatic N) is 1. The predicted octanol–water partition coefficient (Wildman–Crippen LogP) is 1.26. The maximum absolute atomic E-state index is 12.4. The van der Waals surface area contributed by atoms with Crippen molar-refractivity contribution in [2.75, 3.05) is 13.1 Å². The van der Waals surface area contributed by atoms with Crippen LogP contribution in [0.15, 0.2) is 18.2 Å². The van der Waals surface area contributed by atoms with E-state index in [0.29, 0.717) is 17.7 Å². The van der Waals surface area contributed by atoms with Crippen LogP contribution in [-0.4, -0.2) is 41.8 Å². The van der Waals surface area contributed by atoms with Crippen LogP contribution in [0, 0.1) is 12.8 Å². The number of carbonyl (C=O) groups excluding carboxylic acids is 3. The first-order valence-electron chi connectivity index (χ1n) is 7.97. The minimum Gasteiger partial charge on any atom is -0.351 e. The van der Waals surface area contributed by atoms with Crippen LogP contribution in [0.5, 0.6) is 0 Å². The highest BCUT2D eigenvalue weighted by Gasteiger charge is 2.37. The van der Waals surface area contributed by atoms with Gasteiger partial charge in [0.25, 0.3) is 11.8 Å². The fourth-order valence-electron chi connectivity index (χ4n) is 3.45. The molecule has 2 aliphatic rings. The number of benzene rings is 1. The number of nitrogens with two attached hydrogens (primary N) is 1. The van der Waals surface area contributed by atoms with E-state index in [-0.39, 0.29) is 36.8 Å². The number of hydrogen-bond acceptors (Lipinski definition) is 4. The van der Waals surface area contributed by atoms with E-state index in [1.54, 1.807) is 18.2 Å². The highest BCUT2D eigenvalue weighted by Crippen LogP contribution is 2.26. The Kier molecular flexibility index (Phi) is 5.62. The van der Waals surface area contributed by atoms with E-state index in [4.69, 9.17) is 5.73 Å². The molecule has 3 amide bonds. The van der Waals surface area contributed by atoms with Crippen molar-refractivity contribution >= 4 is 30.1 Å². The highest BCUT2D eigenvalue weighted by molar-refractivity contribution is 6.22. The van der Waals surface area contributed by atoms with Gasteiger partial charge in [-0.2, -0.15) is 0 Å². The molecule has 0 bridgehead atoms. The minimum atomic E-state index is -0.401. The van der Waals surface area contributed by atoms with Gasteiger partial charge in [-0.05, 0) is 44.4 Å². The summed E-state index contributed by atoms with van der Waals surface area (Å²) in [7, 11) is 0. The molecular weight excluding hydrogens is 330 g/mol. The molecule has 0 saturated heterocycles. The molecule has 2 atom stereocenters. The van der Waals surface area contributed by atoms with Crippen LogP contribution in [-0.2, 0) is 4.79 Å². The molecular formula is C17H22ClN3O3. The summed E-state index contributed by atoms with van der Waals surface area (Å²) >= 11 is 0. The van der Waals surface area contributed by atoms with Gasteiger partial charge >= 0.3 is 0 Å². The number of imide groups is 1. The van der Waals surface area contributed by atoms with E-state index in [1.807, 2.05) is 6.92 Å². The zero-order valence-electron chi connectivity index (χ0n) is 13.6. The number of hydrogen-bond donors (Lipinski definition) is 2. The van der Waals surface area contributed by atoms with Gasteiger partial charge in [-0.3, -0.25) is 19.3 Å². The Bertz CT molecular complexity index is 677. The second-order valence-corrected chi connectivity index (χ2v) is 6.35. The minimum absolute atomic E-state index is 0. The Morgan fingerprint density at radius 3 is 2.67 bits per heavy atom. The Morgan fingerprint density at radius 2 is 1.96 bits per heavy atom. The summed E-state index contributed by atoms with van der Waals surface area (Å²) < 4.78 is 0. The third kappa shape index (κ3) is 3.30. The number of amides is 3. The number of aryl methyl sites for hydroxylation is 1. The normalized spacial score (nSPS) is 22.3. The van der Waals surface area contributed by atoms with Crippen LogP contribution in [0.3, 0.4) is 0 Å². The Balaban J connectivity index is 0.00000208. The molecule has 1 heterocycles. The topological polar surface area (TPSA) is 92.5 Å². The fraction of sp³-hybridized carbons (Fsp3) is 0.471. The lowest BCUT2D eigenvalue weighted by Gasteiger charge is -2.21. The predicted molar refractivity (Wildman–Crippen MR) is 92.1 cm³/mol. The SMILES string of the molecule is Cc1ccc2c(c1)C(=O)N(CC(=O)NC1CCCC1CN)C2=O.Cl. The molecule has 1 saturated carbocycles. The summed E-state index contributed by atoms with van der Waals surface area (Å²) in [6.07, 6.45) is 2.95. The highest BCUT2D eigenvalue weighted by atomic mass is 35.5. The molecule has 0 aromatic heterocycles. The second-order valence-electron chi connectivity index (χ2n) is 6.35. The third-order valence-corrected chi connectivity index (χ3v) is 4.74. The molecule has 1 aromatic rings. The summed E-state index contributed by atoms with van der Waals surface area (Å²) in [4.78, 5) is 37.9. The molecule has 0 radical (unpaired) electrons. The van der Waals surface area contributed by atoms with Gasteiger partial charge in [-0.25, -0.2) is 0 Å². The molecule has 1 fully saturated rings. The van der Waals surface area contributed by atoms with Crippen molar-refractivity contribution in [1.29, 1.82) is 0 Å². The van der Waals surface area contributed by atoms with E-state index in [1.165, 1.54) is 0 Å². The lowest BCUT2D eigenvalue weighted by atomic mass is 10.0. The molecule has 130 valence electrons. The lowest BCUT2D eigenvalue weighted by molar-refractivity contribution is -0.122. The summed E-state index contributed by atoms with van der Waals surface area (Å²) in [6, 6.07) is 5.17. The first kappa shape index (κ1) is 18.4. The van der Waals surface area contributed by atoms with Crippen LogP contribution >= 0.6 is 12.4 Å². The van der Waals surface area contributed by atoms with Crippen molar-refractivity contribution in [3.05, 3.63) is 34.9 Å².